The van der Waals surface area contributed by atoms with Gasteiger partial charge in [0, 0.05) is 22.3 Å². The van der Waals surface area contributed by atoms with Gasteiger partial charge in [0.2, 0.25) is 5.91 Å². The van der Waals surface area contributed by atoms with E-state index in [1.807, 2.05) is 36.4 Å². The van der Waals surface area contributed by atoms with Crippen LogP contribution in [0, 0.1) is 11.3 Å². The minimum Gasteiger partial charge on any atom is -0.351 e. The Hall–Kier alpha value is -3.27. The van der Waals surface area contributed by atoms with Crippen molar-refractivity contribution in [2.45, 2.75) is 52.4 Å². The minimum atomic E-state index is -4.16. The van der Waals surface area contributed by atoms with Crippen LogP contribution >= 0.6 is 15.9 Å². The Labute approximate surface area is 263 Å². The number of benzene rings is 3. The van der Waals surface area contributed by atoms with Crippen LogP contribution in [0.15, 0.2) is 83.3 Å². The van der Waals surface area contributed by atoms with Crippen molar-refractivity contribution in [3.05, 3.63) is 106 Å². The van der Waals surface area contributed by atoms with Gasteiger partial charge in [-0.3, -0.25) is 14.1 Å². The Morgan fingerprint density at radius 3 is 2.19 bits per heavy atom. The number of nitrogens with one attached hydrogen (secondary N) is 2. The van der Waals surface area contributed by atoms with Crippen LogP contribution in [0.4, 0.5) is 5.69 Å². The second kappa shape index (κ2) is 14.0. The van der Waals surface area contributed by atoms with E-state index in [0.29, 0.717) is 29.0 Å². The van der Waals surface area contributed by atoms with E-state index in [9.17, 15) is 18.0 Å². The first-order chi connectivity index (χ1) is 20.3. The number of carbonyl (C=O) groups excluding carboxylic acids is 2. The van der Waals surface area contributed by atoms with Crippen LogP contribution in [0.2, 0.25) is 0 Å². The molecule has 4 rings (SSSR count). The molecule has 0 radical (unpaired) electrons. The predicted molar refractivity (Wildman–Crippen MR) is 176 cm³/mol. The molecule has 7 nitrogen and oxygen atoms in total. The fraction of sp³-hybridized carbons (Fsp3) is 0.353. The molecule has 43 heavy (non-hydrogen) atoms. The molecular weight excluding hydrogens is 628 g/mol. The number of rotatable bonds is 10. The molecule has 0 fully saturated rings. The van der Waals surface area contributed by atoms with E-state index in [0.717, 1.165) is 28.4 Å². The van der Waals surface area contributed by atoms with Crippen LogP contribution in [0.1, 0.15) is 73.0 Å². The lowest BCUT2D eigenvalue weighted by Gasteiger charge is -2.33. The van der Waals surface area contributed by atoms with Crippen molar-refractivity contribution in [3.63, 3.8) is 0 Å². The highest BCUT2D eigenvalue weighted by Gasteiger charge is 2.27. The molecule has 3 N–H and O–H groups in total. The van der Waals surface area contributed by atoms with E-state index in [1.54, 1.807) is 24.3 Å². The van der Waals surface area contributed by atoms with Gasteiger partial charge in [-0.05, 0) is 95.7 Å². The monoisotopic (exact) mass is 666 g/mol. The summed E-state index contributed by atoms with van der Waals surface area (Å²) in [4.78, 5) is 26.0. The number of halogens is 1. The van der Waals surface area contributed by atoms with Crippen LogP contribution in [0.5, 0.6) is 0 Å². The number of allylic oxidation sites excluding steroid dienone is 2. The zero-order chi connectivity index (χ0) is 31.2. The molecule has 0 spiro atoms. The van der Waals surface area contributed by atoms with E-state index in [2.05, 4.69) is 65.5 Å². The summed E-state index contributed by atoms with van der Waals surface area (Å²) < 4.78 is 31.6. The molecule has 0 saturated heterocycles. The van der Waals surface area contributed by atoms with Gasteiger partial charge >= 0.3 is 0 Å². The zero-order valence-electron chi connectivity index (χ0n) is 24.8. The molecule has 0 saturated carbocycles. The highest BCUT2D eigenvalue weighted by Crippen LogP contribution is 2.40. The lowest BCUT2D eigenvalue weighted by Crippen LogP contribution is -2.28. The van der Waals surface area contributed by atoms with Crippen molar-refractivity contribution >= 4 is 49.1 Å². The van der Waals surface area contributed by atoms with Gasteiger partial charge < -0.3 is 10.6 Å². The lowest BCUT2D eigenvalue weighted by atomic mass is 9.72. The number of hydrogen-bond donors (Lipinski definition) is 3. The Morgan fingerprint density at radius 1 is 0.977 bits per heavy atom. The summed E-state index contributed by atoms with van der Waals surface area (Å²) in [6, 6.07) is 22.6. The summed E-state index contributed by atoms with van der Waals surface area (Å²) in [5, 5.41) is 5.53. The van der Waals surface area contributed by atoms with Gasteiger partial charge in [0.1, 0.15) is 0 Å². The standard InChI is InChI=1S/C34H39BrN2O5S/c1-34(2,3)28-14-12-25(13-15-28)24-8-10-26(11-9-24)31(33(39)37-30-18-16-29(35)17-19-30)22-23-4-6-27(7-5-23)32(38)36-20-21-43(40,41)42/h4-12,16-19,28,31H,13-15,20-22H2,1-3H3,(H,36,38)(H,37,39)(H,40,41,42). The molecule has 228 valence electrons. The topological polar surface area (TPSA) is 113 Å². The van der Waals surface area contributed by atoms with E-state index in [-0.39, 0.29) is 12.5 Å². The third-order valence-corrected chi connectivity index (χ3v) is 9.30. The van der Waals surface area contributed by atoms with E-state index in [4.69, 9.17) is 4.55 Å². The predicted octanol–water partition coefficient (Wildman–Crippen LogP) is 7.26. The summed E-state index contributed by atoms with van der Waals surface area (Å²) in [6.45, 7) is 6.73. The highest BCUT2D eigenvalue weighted by atomic mass is 79.9. The molecule has 0 aromatic heterocycles. The van der Waals surface area contributed by atoms with Crippen molar-refractivity contribution in [2.75, 3.05) is 17.6 Å². The number of carbonyl (C=O) groups is 2. The molecule has 2 amide bonds. The van der Waals surface area contributed by atoms with E-state index < -0.39 is 27.7 Å². The highest BCUT2D eigenvalue weighted by molar-refractivity contribution is 9.10. The molecule has 2 atom stereocenters. The fourth-order valence-corrected chi connectivity index (χ4v) is 5.98. The van der Waals surface area contributed by atoms with E-state index in [1.165, 1.54) is 17.6 Å². The summed E-state index contributed by atoms with van der Waals surface area (Å²) in [5.41, 5.74) is 5.67. The van der Waals surface area contributed by atoms with Crippen LogP contribution in [-0.2, 0) is 21.3 Å². The van der Waals surface area contributed by atoms with Gasteiger partial charge in [-0.2, -0.15) is 8.42 Å². The average Bonchev–Trinajstić information content (AvgIpc) is 2.96. The molecule has 1 aliphatic rings. The molecule has 2 unspecified atom stereocenters. The maximum atomic E-state index is 13.6. The summed E-state index contributed by atoms with van der Waals surface area (Å²) in [6.07, 6.45) is 6.08. The van der Waals surface area contributed by atoms with E-state index >= 15 is 0 Å². The normalized spacial score (nSPS) is 16.2. The molecular formula is C34H39BrN2O5S. The quantitative estimate of drug-likeness (QED) is 0.197. The maximum absolute atomic E-state index is 13.6. The first-order valence-corrected chi connectivity index (χ1v) is 16.9. The van der Waals surface area contributed by atoms with Crippen LogP contribution in [-0.4, -0.2) is 37.1 Å². The van der Waals surface area contributed by atoms with Crippen molar-refractivity contribution in [1.29, 1.82) is 0 Å². The lowest BCUT2D eigenvalue weighted by molar-refractivity contribution is -0.117. The SMILES string of the molecule is CC(C)(C)C1CC=C(c2ccc(C(Cc3ccc(C(=O)NCCS(=O)(=O)O)cc3)C(=O)Nc3ccc(Br)cc3)cc2)CC1. The fourth-order valence-electron chi connectivity index (χ4n) is 5.36. The first-order valence-electron chi connectivity index (χ1n) is 14.5. The van der Waals surface area contributed by atoms with Crippen LogP contribution in [0.25, 0.3) is 5.57 Å². The number of hydrogen-bond acceptors (Lipinski definition) is 4. The van der Waals surface area contributed by atoms with Crippen molar-refractivity contribution < 1.29 is 22.6 Å². The van der Waals surface area contributed by atoms with Crippen LogP contribution < -0.4 is 10.6 Å². The largest absolute Gasteiger partial charge is 0.351 e. The molecule has 3 aromatic carbocycles. The molecule has 9 heteroatoms. The second-order valence-electron chi connectivity index (χ2n) is 12.2. The van der Waals surface area contributed by atoms with Gasteiger partial charge in [0.05, 0.1) is 11.7 Å². The second-order valence-corrected chi connectivity index (χ2v) is 14.7. The van der Waals surface area contributed by atoms with Gasteiger partial charge in [0.25, 0.3) is 16.0 Å². The average molecular weight is 668 g/mol. The zero-order valence-corrected chi connectivity index (χ0v) is 27.2. The molecule has 1 aliphatic carbocycles. The van der Waals surface area contributed by atoms with Gasteiger partial charge in [-0.25, -0.2) is 0 Å². The first kappa shape index (κ1) is 32.6. The Morgan fingerprint density at radius 2 is 1.63 bits per heavy atom. The Kier molecular flexibility index (Phi) is 10.6. The number of amides is 2. The summed E-state index contributed by atoms with van der Waals surface area (Å²) in [7, 11) is -4.16. The van der Waals surface area contributed by atoms with Gasteiger partial charge in [0.15, 0.2) is 0 Å². The third kappa shape index (κ3) is 9.61. The van der Waals surface area contributed by atoms with Gasteiger partial charge in [-0.1, -0.05) is 79.2 Å². The van der Waals surface area contributed by atoms with Crippen LogP contribution in [0.3, 0.4) is 0 Å². The van der Waals surface area contributed by atoms with Crippen molar-refractivity contribution in [2.24, 2.45) is 11.3 Å². The summed E-state index contributed by atoms with van der Waals surface area (Å²) >= 11 is 3.43. The van der Waals surface area contributed by atoms with Crippen molar-refractivity contribution in [3.8, 4) is 0 Å². The molecule has 0 heterocycles. The van der Waals surface area contributed by atoms with Crippen molar-refractivity contribution in [1.82, 2.24) is 5.32 Å². The third-order valence-electron chi connectivity index (χ3n) is 8.05. The number of anilines is 1. The maximum Gasteiger partial charge on any atom is 0.266 e. The molecule has 0 aliphatic heterocycles. The van der Waals surface area contributed by atoms with Gasteiger partial charge in [-0.15, -0.1) is 0 Å². The molecule has 0 bridgehead atoms. The smallest absolute Gasteiger partial charge is 0.266 e. The Balaban J connectivity index is 1.51. The Bertz CT molecular complexity index is 1560. The minimum absolute atomic E-state index is 0.132. The summed E-state index contributed by atoms with van der Waals surface area (Å²) in [5.74, 6) is -0.929. The molecule has 3 aromatic rings.